The van der Waals surface area contributed by atoms with E-state index in [1.165, 1.54) is 16.7 Å². The molecule has 0 unspecified atom stereocenters. The van der Waals surface area contributed by atoms with Crippen molar-refractivity contribution in [2.24, 2.45) is 5.92 Å². The number of aromatic amines is 1. The summed E-state index contributed by atoms with van der Waals surface area (Å²) in [5.41, 5.74) is 7.44. The molecular formula is C46H52FN11O4. The molecule has 0 bridgehead atoms. The molecule has 3 N–H and O–H groups in total. The molecule has 0 aliphatic carbocycles. The SMILES string of the molecule is Cc1cc(-c2ncnc3[nH]c4cc(N5CCN(CC6CCN(c7ccc(N8CCC(=O)NC8=O)c(F)c7)CC6)CC5)ccc4c23)ccc1[C@@H](C)NC(=O)c1nc(C(C)(C)C)no1. The molecular weight excluding hydrogens is 790 g/mol. The lowest BCUT2D eigenvalue weighted by atomic mass is 9.95. The standard InChI is InChI=1S/C46H52FN11O4/c1-27-22-30(6-9-33(27)28(2)50-42(60)43-53-44(54-62-43)46(3,4)5)40-39-34-10-7-32(24-36(34)51-41(39)49-26-48-40)57-20-18-55(19-21-57)25-29-12-15-56(16-13-29)31-8-11-37(35(47)23-31)58-17-14-38(59)52-45(58)61/h6-11,22-24,26,28-29H,12-21,25H2,1-5H3,(H,50,60)(H,48,49,51)(H,52,59,61)/t28-/m1/s1. The summed E-state index contributed by atoms with van der Waals surface area (Å²) in [4.78, 5) is 62.5. The summed E-state index contributed by atoms with van der Waals surface area (Å²) >= 11 is 0. The van der Waals surface area contributed by atoms with E-state index in [1.54, 1.807) is 12.4 Å². The zero-order valence-electron chi connectivity index (χ0n) is 35.8. The van der Waals surface area contributed by atoms with Gasteiger partial charge in [0.15, 0.2) is 5.82 Å². The number of rotatable bonds is 9. The Morgan fingerprint density at radius 2 is 1.68 bits per heavy atom. The highest BCUT2D eigenvalue weighted by atomic mass is 19.1. The quantitative estimate of drug-likeness (QED) is 0.139. The van der Waals surface area contributed by atoms with Gasteiger partial charge in [0.2, 0.25) is 5.91 Å². The number of piperidine rings is 1. The molecule has 1 atom stereocenters. The van der Waals surface area contributed by atoms with Gasteiger partial charge in [-0.1, -0.05) is 44.1 Å². The Labute approximate surface area is 359 Å². The van der Waals surface area contributed by atoms with Gasteiger partial charge in [0.1, 0.15) is 17.8 Å². The maximum Gasteiger partial charge on any atom is 0.328 e. The fourth-order valence-electron chi connectivity index (χ4n) is 9.03. The second kappa shape index (κ2) is 16.5. The Kier molecular flexibility index (Phi) is 10.9. The molecule has 3 aromatic carbocycles. The summed E-state index contributed by atoms with van der Waals surface area (Å²) in [5.74, 6) is -0.207. The highest BCUT2D eigenvalue weighted by Crippen LogP contribution is 2.36. The third-order valence-electron chi connectivity index (χ3n) is 12.5. The van der Waals surface area contributed by atoms with E-state index in [0.717, 1.165) is 109 Å². The number of urea groups is 1. The molecule has 0 radical (unpaired) electrons. The van der Waals surface area contributed by atoms with E-state index in [2.05, 4.69) is 69.7 Å². The van der Waals surface area contributed by atoms with Gasteiger partial charge in [-0.25, -0.2) is 19.2 Å². The van der Waals surface area contributed by atoms with Crippen molar-refractivity contribution >= 4 is 56.8 Å². The highest BCUT2D eigenvalue weighted by Gasteiger charge is 2.29. The summed E-state index contributed by atoms with van der Waals surface area (Å²) in [6, 6.07) is 16.9. The van der Waals surface area contributed by atoms with Crippen molar-refractivity contribution in [3.05, 3.63) is 89.6 Å². The first-order valence-corrected chi connectivity index (χ1v) is 21.4. The Morgan fingerprint density at radius 1 is 0.935 bits per heavy atom. The van der Waals surface area contributed by atoms with Gasteiger partial charge in [-0.05, 0) is 80.1 Å². The number of aromatic nitrogens is 5. The van der Waals surface area contributed by atoms with Crippen LogP contribution in [0.2, 0.25) is 0 Å². The third kappa shape index (κ3) is 8.18. The van der Waals surface area contributed by atoms with Crippen LogP contribution in [0.15, 0.2) is 65.4 Å². The number of H-pyrrole nitrogens is 1. The van der Waals surface area contributed by atoms with E-state index < -0.39 is 17.8 Å². The van der Waals surface area contributed by atoms with Crippen LogP contribution in [0.1, 0.15) is 80.6 Å². The van der Waals surface area contributed by atoms with E-state index in [0.29, 0.717) is 11.7 Å². The summed E-state index contributed by atoms with van der Waals surface area (Å²) in [5, 5.41) is 11.3. The number of benzene rings is 3. The van der Waals surface area contributed by atoms with Crippen LogP contribution in [-0.2, 0) is 10.2 Å². The maximum absolute atomic E-state index is 15.2. The van der Waals surface area contributed by atoms with Crippen LogP contribution in [0, 0.1) is 18.7 Å². The van der Waals surface area contributed by atoms with E-state index >= 15 is 4.39 Å². The molecule has 16 heteroatoms. The van der Waals surface area contributed by atoms with Crippen molar-refractivity contribution in [3.8, 4) is 11.3 Å². The Hall–Kier alpha value is -6.42. The van der Waals surface area contributed by atoms with Crippen molar-refractivity contribution < 1.29 is 23.3 Å². The zero-order valence-corrected chi connectivity index (χ0v) is 35.8. The van der Waals surface area contributed by atoms with Gasteiger partial charge < -0.3 is 24.6 Å². The van der Waals surface area contributed by atoms with Crippen molar-refractivity contribution in [3.63, 3.8) is 0 Å². The smallest absolute Gasteiger partial charge is 0.328 e. The van der Waals surface area contributed by atoms with Crippen molar-refractivity contribution in [1.29, 1.82) is 0 Å². The predicted octanol–water partition coefficient (Wildman–Crippen LogP) is 6.88. The first-order valence-electron chi connectivity index (χ1n) is 21.4. The van der Waals surface area contributed by atoms with Crippen LogP contribution in [0.5, 0.6) is 0 Å². The van der Waals surface area contributed by atoms with Crippen molar-refractivity contribution in [1.82, 2.24) is 40.6 Å². The number of amides is 4. The van der Waals surface area contributed by atoms with Gasteiger partial charge in [-0.3, -0.25) is 24.7 Å². The lowest BCUT2D eigenvalue weighted by molar-refractivity contribution is -0.120. The molecule has 3 aliphatic heterocycles. The van der Waals surface area contributed by atoms with Gasteiger partial charge in [0.25, 0.3) is 0 Å². The first kappa shape index (κ1) is 41.0. The van der Waals surface area contributed by atoms with Crippen LogP contribution >= 0.6 is 0 Å². The molecule has 3 saturated heterocycles. The minimum absolute atomic E-state index is 0.0521. The van der Waals surface area contributed by atoms with Gasteiger partial charge in [-0.15, -0.1) is 0 Å². The van der Waals surface area contributed by atoms with E-state index in [1.807, 2.05) is 52.8 Å². The van der Waals surface area contributed by atoms with Crippen LogP contribution < -0.4 is 25.3 Å². The second-order valence-electron chi connectivity index (χ2n) is 17.8. The molecule has 0 spiro atoms. The molecule has 0 saturated carbocycles. The maximum atomic E-state index is 15.2. The third-order valence-corrected chi connectivity index (χ3v) is 12.5. The molecule has 6 heterocycles. The number of hydrogen-bond acceptors (Lipinski definition) is 11. The summed E-state index contributed by atoms with van der Waals surface area (Å²) in [6.45, 7) is 16.6. The number of halogens is 1. The Morgan fingerprint density at radius 3 is 2.39 bits per heavy atom. The number of hydrogen-bond donors (Lipinski definition) is 3. The number of carbonyl (C=O) groups is 3. The normalized spacial score (nSPS) is 17.5. The number of fused-ring (bicyclic) bond motifs is 3. The molecule has 3 fully saturated rings. The number of aryl methyl sites for hydroxylation is 1. The monoisotopic (exact) mass is 841 g/mol. The fourth-order valence-corrected chi connectivity index (χ4v) is 9.03. The number of imide groups is 1. The average molecular weight is 842 g/mol. The van der Waals surface area contributed by atoms with Crippen LogP contribution in [0.4, 0.5) is 26.2 Å². The van der Waals surface area contributed by atoms with E-state index in [4.69, 9.17) is 9.51 Å². The molecule has 322 valence electrons. The second-order valence-corrected chi connectivity index (χ2v) is 17.8. The van der Waals surface area contributed by atoms with Crippen LogP contribution in [-0.4, -0.2) is 100 Å². The molecule has 9 rings (SSSR count). The van der Waals surface area contributed by atoms with Gasteiger partial charge in [0.05, 0.1) is 22.8 Å². The molecule has 62 heavy (non-hydrogen) atoms. The average Bonchev–Trinajstić information content (AvgIpc) is 3.91. The lowest BCUT2D eigenvalue weighted by Crippen LogP contribution is -2.50. The number of anilines is 3. The van der Waals surface area contributed by atoms with E-state index in [-0.39, 0.29) is 41.9 Å². The van der Waals surface area contributed by atoms with Crippen LogP contribution in [0.3, 0.4) is 0 Å². The van der Waals surface area contributed by atoms with Gasteiger partial charge in [-0.2, -0.15) is 4.98 Å². The molecule has 4 amide bonds. The van der Waals surface area contributed by atoms with Gasteiger partial charge >= 0.3 is 17.8 Å². The molecule has 3 aliphatic rings. The Bertz CT molecular complexity index is 2670. The van der Waals surface area contributed by atoms with Gasteiger partial charge in [0, 0.05) is 92.0 Å². The highest BCUT2D eigenvalue weighted by molar-refractivity contribution is 6.12. The number of nitrogens with zero attached hydrogens (tertiary/aromatic N) is 8. The summed E-state index contributed by atoms with van der Waals surface area (Å²) in [7, 11) is 0. The summed E-state index contributed by atoms with van der Waals surface area (Å²) in [6.07, 6.45) is 3.82. The first-order chi connectivity index (χ1) is 29.8. The molecule has 3 aromatic heterocycles. The predicted molar refractivity (Wildman–Crippen MR) is 236 cm³/mol. The zero-order chi connectivity index (χ0) is 43.3. The van der Waals surface area contributed by atoms with Crippen molar-refractivity contribution in [2.75, 3.05) is 67.1 Å². The minimum Gasteiger partial charge on any atom is -0.371 e. The topological polar surface area (TPSA) is 169 Å². The molecule has 15 nitrogen and oxygen atoms in total. The lowest BCUT2D eigenvalue weighted by Gasteiger charge is -2.40. The van der Waals surface area contributed by atoms with E-state index in [9.17, 15) is 14.4 Å². The molecule has 6 aromatic rings. The Balaban J connectivity index is 0.802. The number of carbonyl (C=O) groups excluding carboxylic acids is 3. The minimum atomic E-state index is -0.584. The number of nitrogens with one attached hydrogen (secondary N) is 3. The number of piperazine rings is 1. The fraction of sp³-hybridized carbons (Fsp3) is 0.413. The summed E-state index contributed by atoms with van der Waals surface area (Å²) < 4.78 is 20.4. The largest absolute Gasteiger partial charge is 0.371 e. The van der Waals surface area contributed by atoms with Crippen molar-refractivity contribution in [2.45, 2.75) is 65.3 Å². The van der Waals surface area contributed by atoms with Crippen LogP contribution in [0.25, 0.3) is 33.2 Å².